The lowest BCUT2D eigenvalue weighted by molar-refractivity contribution is -0.123. The Kier molecular flexibility index (Phi) is 6.52. The van der Waals surface area contributed by atoms with Gasteiger partial charge in [0.05, 0.1) is 0 Å². The maximum Gasteiger partial charge on any atom is 0.276 e. The van der Waals surface area contributed by atoms with Crippen molar-refractivity contribution in [3.63, 3.8) is 0 Å². The molecule has 0 unspecified atom stereocenters. The molecule has 20 heavy (non-hydrogen) atoms. The Morgan fingerprint density at radius 1 is 1.30 bits per heavy atom. The first-order chi connectivity index (χ1) is 9.51. The Morgan fingerprint density at radius 3 is 2.55 bits per heavy atom. The summed E-state index contributed by atoms with van der Waals surface area (Å²) in [5.74, 6) is 0.358. The van der Waals surface area contributed by atoms with Crippen molar-refractivity contribution < 1.29 is 9.53 Å². The van der Waals surface area contributed by atoms with Crippen LogP contribution in [-0.4, -0.2) is 24.2 Å². The number of amides is 1. The molecule has 0 aliphatic carbocycles. The largest absolute Gasteiger partial charge is 0.484 e. The predicted molar refractivity (Wildman–Crippen MR) is 83.5 cm³/mol. The molecule has 1 amide bonds. The first-order valence-corrected chi connectivity index (χ1v) is 6.56. The molecule has 5 nitrogen and oxygen atoms in total. The Morgan fingerprint density at radius 2 is 1.95 bits per heavy atom. The number of ether oxygens (including phenoxy) is 1. The molecule has 3 N–H and O–H groups in total. The van der Waals surface area contributed by atoms with E-state index < -0.39 is 0 Å². The monoisotopic (exact) mass is 293 g/mol. The number of aryl methyl sites for hydroxylation is 2. The fourth-order valence-electron chi connectivity index (χ4n) is 1.54. The minimum atomic E-state index is -0.313. The van der Waals surface area contributed by atoms with Gasteiger partial charge in [-0.1, -0.05) is 12.1 Å². The molecule has 108 valence electrons. The molecule has 0 fully saturated rings. The van der Waals surface area contributed by atoms with Crippen molar-refractivity contribution in [2.75, 3.05) is 13.2 Å². The molecular weight excluding hydrogens is 274 g/mol. The fourth-order valence-corrected chi connectivity index (χ4v) is 1.67. The molecule has 0 aliphatic heterocycles. The Labute approximate surface area is 124 Å². The molecule has 0 heterocycles. The van der Waals surface area contributed by atoms with Crippen LogP contribution in [0, 0.1) is 13.8 Å². The highest BCUT2D eigenvalue weighted by Crippen LogP contribution is 2.15. The highest BCUT2D eigenvalue weighted by atomic mass is 32.1. The number of hydrogen-bond acceptors (Lipinski definition) is 3. The standard InChI is InChI=1S/C14H19N3O2S/c1-4-5-15-14(20)17-16-13(18)9-19-12-7-10(2)6-11(3)8-12/h4,6-8H,1,5,9H2,2-3H3,(H,16,18)(H2,15,17,20). The maximum absolute atomic E-state index is 11.6. The van der Waals surface area contributed by atoms with Crippen molar-refractivity contribution >= 4 is 23.2 Å². The van der Waals surface area contributed by atoms with E-state index in [0.29, 0.717) is 17.4 Å². The van der Waals surface area contributed by atoms with E-state index in [1.807, 2.05) is 32.0 Å². The second-order valence-corrected chi connectivity index (χ2v) is 4.69. The molecular formula is C14H19N3O2S. The van der Waals surface area contributed by atoms with Gasteiger partial charge in [0.15, 0.2) is 11.7 Å². The van der Waals surface area contributed by atoms with Gasteiger partial charge in [0.25, 0.3) is 5.91 Å². The smallest absolute Gasteiger partial charge is 0.276 e. The van der Waals surface area contributed by atoms with Crippen molar-refractivity contribution in [2.45, 2.75) is 13.8 Å². The molecule has 0 aliphatic rings. The van der Waals surface area contributed by atoms with Crippen LogP contribution in [0.3, 0.4) is 0 Å². The minimum Gasteiger partial charge on any atom is -0.484 e. The van der Waals surface area contributed by atoms with E-state index in [4.69, 9.17) is 17.0 Å². The summed E-state index contributed by atoms with van der Waals surface area (Å²) in [7, 11) is 0. The molecule has 0 saturated heterocycles. The molecule has 6 heteroatoms. The number of carbonyl (C=O) groups is 1. The predicted octanol–water partition coefficient (Wildman–Crippen LogP) is 1.36. The summed E-state index contributed by atoms with van der Waals surface area (Å²) >= 11 is 4.92. The Hall–Kier alpha value is -2.08. The van der Waals surface area contributed by atoms with Crippen LogP contribution in [0.1, 0.15) is 11.1 Å². The average molecular weight is 293 g/mol. The van der Waals surface area contributed by atoms with Crippen molar-refractivity contribution in [3.05, 3.63) is 42.0 Å². The lowest BCUT2D eigenvalue weighted by atomic mass is 10.1. The van der Waals surface area contributed by atoms with Gasteiger partial charge in [0, 0.05) is 6.54 Å². The molecule has 0 radical (unpaired) electrons. The summed E-state index contributed by atoms with van der Waals surface area (Å²) in [6, 6.07) is 5.80. The lowest BCUT2D eigenvalue weighted by Crippen LogP contribution is -2.48. The van der Waals surface area contributed by atoms with Gasteiger partial charge in [0.1, 0.15) is 5.75 Å². The fraction of sp³-hybridized carbons (Fsp3) is 0.286. The number of hydrogen-bond donors (Lipinski definition) is 3. The number of benzene rings is 1. The summed E-state index contributed by atoms with van der Waals surface area (Å²) in [5, 5.41) is 3.15. The third-order valence-electron chi connectivity index (χ3n) is 2.29. The first-order valence-electron chi connectivity index (χ1n) is 6.16. The summed E-state index contributed by atoms with van der Waals surface area (Å²) in [6.07, 6.45) is 1.67. The van der Waals surface area contributed by atoms with E-state index >= 15 is 0 Å². The third-order valence-corrected chi connectivity index (χ3v) is 2.53. The van der Waals surface area contributed by atoms with Gasteiger partial charge in [-0.15, -0.1) is 6.58 Å². The zero-order valence-corrected chi connectivity index (χ0v) is 12.5. The number of rotatable bonds is 5. The molecule has 1 rings (SSSR count). The highest BCUT2D eigenvalue weighted by Gasteiger charge is 2.04. The maximum atomic E-state index is 11.6. The van der Waals surface area contributed by atoms with Gasteiger partial charge in [-0.2, -0.15) is 0 Å². The van der Waals surface area contributed by atoms with Crippen LogP contribution >= 0.6 is 12.2 Å². The molecule has 0 saturated carbocycles. The Bertz CT molecular complexity index is 483. The van der Waals surface area contributed by atoms with E-state index in [1.54, 1.807) is 6.08 Å². The van der Waals surface area contributed by atoms with E-state index in [2.05, 4.69) is 22.7 Å². The number of hydrazine groups is 1. The van der Waals surface area contributed by atoms with Gasteiger partial charge in [-0.3, -0.25) is 15.6 Å². The summed E-state index contributed by atoms with van der Waals surface area (Å²) in [6.45, 7) is 7.95. The molecule has 1 aromatic carbocycles. The lowest BCUT2D eigenvalue weighted by Gasteiger charge is -2.11. The van der Waals surface area contributed by atoms with Crippen LogP contribution in [0.4, 0.5) is 0 Å². The van der Waals surface area contributed by atoms with Gasteiger partial charge < -0.3 is 10.1 Å². The normalized spacial score (nSPS) is 9.50. The van der Waals surface area contributed by atoms with Gasteiger partial charge >= 0.3 is 0 Å². The number of nitrogens with one attached hydrogen (secondary N) is 3. The highest BCUT2D eigenvalue weighted by molar-refractivity contribution is 7.80. The zero-order valence-electron chi connectivity index (χ0n) is 11.7. The van der Waals surface area contributed by atoms with Crippen LogP contribution in [-0.2, 0) is 4.79 Å². The van der Waals surface area contributed by atoms with E-state index in [0.717, 1.165) is 11.1 Å². The van der Waals surface area contributed by atoms with E-state index in [9.17, 15) is 4.79 Å². The van der Waals surface area contributed by atoms with Gasteiger partial charge in [0.2, 0.25) is 0 Å². The second-order valence-electron chi connectivity index (χ2n) is 4.28. The summed E-state index contributed by atoms with van der Waals surface area (Å²) in [4.78, 5) is 11.6. The van der Waals surface area contributed by atoms with Crippen LogP contribution < -0.4 is 20.9 Å². The van der Waals surface area contributed by atoms with Crippen LogP contribution in [0.15, 0.2) is 30.9 Å². The van der Waals surface area contributed by atoms with Crippen molar-refractivity contribution in [3.8, 4) is 5.75 Å². The van der Waals surface area contributed by atoms with Crippen LogP contribution in [0.25, 0.3) is 0 Å². The molecule has 0 atom stereocenters. The summed E-state index contributed by atoms with van der Waals surface area (Å²) < 4.78 is 5.41. The SMILES string of the molecule is C=CCNC(=S)NNC(=O)COc1cc(C)cc(C)c1. The minimum absolute atomic E-state index is 0.0834. The molecule has 0 spiro atoms. The average Bonchev–Trinajstić information content (AvgIpc) is 2.39. The Balaban J connectivity index is 2.32. The van der Waals surface area contributed by atoms with E-state index in [1.165, 1.54) is 0 Å². The quantitative estimate of drug-likeness (QED) is 0.435. The van der Waals surface area contributed by atoms with Crippen LogP contribution in [0.2, 0.25) is 0 Å². The molecule has 1 aromatic rings. The van der Waals surface area contributed by atoms with E-state index in [-0.39, 0.29) is 12.5 Å². The van der Waals surface area contributed by atoms with Gasteiger partial charge in [-0.05, 0) is 49.3 Å². The van der Waals surface area contributed by atoms with Crippen molar-refractivity contribution in [2.24, 2.45) is 0 Å². The molecule has 0 aromatic heterocycles. The molecule has 0 bridgehead atoms. The zero-order chi connectivity index (χ0) is 15.0. The second kappa shape index (κ2) is 8.16. The van der Waals surface area contributed by atoms with Crippen molar-refractivity contribution in [1.29, 1.82) is 0 Å². The van der Waals surface area contributed by atoms with Gasteiger partial charge in [-0.25, -0.2) is 0 Å². The van der Waals surface area contributed by atoms with Crippen molar-refractivity contribution in [1.82, 2.24) is 16.2 Å². The number of carbonyl (C=O) groups excluding carboxylic acids is 1. The third kappa shape index (κ3) is 6.19. The number of thiocarbonyl (C=S) groups is 1. The topological polar surface area (TPSA) is 62.4 Å². The summed E-state index contributed by atoms with van der Waals surface area (Å²) in [5.41, 5.74) is 7.19. The first kappa shape index (κ1) is 16.0. The van der Waals surface area contributed by atoms with Crippen LogP contribution in [0.5, 0.6) is 5.75 Å².